The van der Waals surface area contributed by atoms with Gasteiger partial charge in [0.15, 0.2) is 11.5 Å². The van der Waals surface area contributed by atoms with Crippen LogP contribution in [-0.4, -0.2) is 13.2 Å². The molecule has 4 heteroatoms. The van der Waals surface area contributed by atoms with Gasteiger partial charge in [0.2, 0.25) is 11.6 Å². The van der Waals surface area contributed by atoms with Crippen LogP contribution in [0.5, 0.6) is 11.5 Å². The first-order valence-electron chi connectivity index (χ1n) is 14.1. The van der Waals surface area contributed by atoms with Crippen molar-refractivity contribution < 1.29 is 18.3 Å². The van der Waals surface area contributed by atoms with E-state index in [1.807, 2.05) is 0 Å². The summed E-state index contributed by atoms with van der Waals surface area (Å²) in [6, 6.07) is 3.02. The highest BCUT2D eigenvalue weighted by atomic mass is 19.2. The van der Waals surface area contributed by atoms with Gasteiger partial charge in [-0.1, -0.05) is 51.0 Å². The van der Waals surface area contributed by atoms with E-state index in [-0.39, 0.29) is 11.5 Å². The Labute approximate surface area is 204 Å². The van der Waals surface area contributed by atoms with E-state index in [4.69, 9.17) is 9.47 Å². The summed E-state index contributed by atoms with van der Waals surface area (Å²) in [6.45, 7) is 0.812. The third kappa shape index (κ3) is 5.97. The normalized spacial score (nSPS) is 28.4. The van der Waals surface area contributed by atoms with Gasteiger partial charge >= 0.3 is 0 Å². The highest BCUT2D eigenvalue weighted by molar-refractivity contribution is 5.35. The van der Waals surface area contributed by atoms with Crippen molar-refractivity contribution >= 4 is 0 Å². The molecule has 5 rings (SSSR count). The van der Waals surface area contributed by atoms with Gasteiger partial charge < -0.3 is 9.47 Å². The molecule has 0 heterocycles. The molecule has 3 saturated carbocycles. The summed E-state index contributed by atoms with van der Waals surface area (Å²) in [4.78, 5) is 0. The Morgan fingerprint density at radius 1 is 0.676 bits per heavy atom. The second-order valence-corrected chi connectivity index (χ2v) is 11.7. The predicted molar refractivity (Wildman–Crippen MR) is 132 cm³/mol. The third-order valence-corrected chi connectivity index (χ3v) is 9.37. The Hall–Kier alpha value is -1.58. The third-order valence-electron chi connectivity index (χ3n) is 9.37. The van der Waals surface area contributed by atoms with Gasteiger partial charge in [0.1, 0.15) is 6.61 Å². The standard InChI is InChI=1S/C30H42F2O2/c31-29-27(33-19-23-4-1-2-5-23)16-17-28(30(29)32)34-20-24-10-14-26(15-11-24)25-12-8-22(9-13-25)18-21-6-3-7-21/h10,16-17,21-23,25-26H,1-9,11-15,18-20H2. The summed E-state index contributed by atoms with van der Waals surface area (Å²) in [6.07, 6.45) is 21.9. The fraction of sp³-hybridized carbons (Fsp3) is 0.733. The molecule has 0 amide bonds. The molecule has 2 nitrogen and oxygen atoms in total. The summed E-state index contributed by atoms with van der Waals surface area (Å²) in [5.41, 5.74) is 1.22. The number of halogens is 2. The molecule has 4 aliphatic carbocycles. The molecule has 0 radical (unpaired) electrons. The van der Waals surface area contributed by atoms with Crippen molar-refractivity contribution in [3.63, 3.8) is 0 Å². The van der Waals surface area contributed by atoms with Crippen LogP contribution in [0.2, 0.25) is 0 Å². The average Bonchev–Trinajstić information content (AvgIpc) is 3.36. The maximum Gasteiger partial charge on any atom is 0.204 e. The van der Waals surface area contributed by atoms with Gasteiger partial charge in [0.25, 0.3) is 0 Å². The van der Waals surface area contributed by atoms with Gasteiger partial charge in [0, 0.05) is 0 Å². The lowest BCUT2D eigenvalue weighted by atomic mass is 9.68. The fourth-order valence-electron chi connectivity index (χ4n) is 6.86. The number of ether oxygens (including phenoxy) is 2. The van der Waals surface area contributed by atoms with Gasteiger partial charge in [-0.2, -0.15) is 8.78 Å². The van der Waals surface area contributed by atoms with Crippen molar-refractivity contribution in [1.82, 2.24) is 0 Å². The number of hydrogen-bond acceptors (Lipinski definition) is 2. The first-order valence-corrected chi connectivity index (χ1v) is 14.1. The lowest BCUT2D eigenvalue weighted by Crippen LogP contribution is -2.25. The predicted octanol–water partition coefficient (Wildman–Crippen LogP) is 8.64. The molecule has 3 fully saturated rings. The van der Waals surface area contributed by atoms with Crippen LogP contribution >= 0.6 is 0 Å². The first-order chi connectivity index (χ1) is 16.7. The number of allylic oxidation sites excluding steroid dienone is 1. The van der Waals surface area contributed by atoms with Gasteiger partial charge in [-0.3, -0.25) is 0 Å². The Bertz CT molecular complexity index is 832. The summed E-state index contributed by atoms with van der Waals surface area (Å²) >= 11 is 0. The van der Waals surface area contributed by atoms with Crippen LogP contribution in [0.15, 0.2) is 23.8 Å². The number of rotatable bonds is 9. The van der Waals surface area contributed by atoms with Crippen LogP contribution < -0.4 is 9.47 Å². The van der Waals surface area contributed by atoms with E-state index in [9.17, 15) is 8.78 Å². The molecule has 0 saturated heterocycles. The highest BCUT2D eigenvalue weighted by Gasteiger charge is 2.31. The van der Waals surface area contributed by atoms with Gasteiger partial charge in [-0.25, -0.2) is 0 Å². The maximum atomic E-state index is 14.6. The minimum absolute atomic E-state index is 0.00104. The van der Waals surface area contributed by atoms with Crippen molar-refractivity contribution in [2.45, 2.75) is 96.3 Å². The second-order valence-electron chi connectivity index (χ2n) is 11.7. The molecule has 1 atom stereocenters. The molecule has 1 aromatic rings. The quantitative estimate of drug-likeness (QED) is 0.335. The highest BCUT2D eigenvalue weighted by Crippen LogP contribution is 2.43. The summed E-state index contributed by atoms with van der Waals surface area (Å²) in [7, 11) is 0. The molecule has 4 aliphatic rings. The lowest BCUT2D eigenvalue weighted by Gasteiger charge is -2.37. The van der Waals surface area contributed by atoms with Crippen molar-refractivity contribution in [1.29, 1.82) is 0 Å². The molecule has 0 bridgehead atoms. The Morgan fingerprint density at radius 2 is 1.32 bits per heavy atom. The van der Waals surface area contributed by atoms with E-state index in [2.05, 4.69) is 6.08 Å². The van der Waals surface area contributed by atoms with Crippen LogP contribution in [-0.2, 0) is 0 Å². The Morgan fingerprint density at radius 3 is 1.94 bits per heavy atom. The molecular formula is C30H42F2O2. The largest absolute Gasteiger partial charge is 0.490 e. The van der Waals surface area contributed by atoms with Crippen molar-refractivity contribution in [2.24, 2.45) is 29.6 Å². The van der Waals surface area contributed by atoms with Crippen LogP contribution in [0.3, 0.4) is 0 Å². The van der Waals surface area contributed by atoms with E-state index in [1.165, 1.54) is 88.3 Å². The van der Waals surface area contributed by atoms with E-state index in [0.29, 0.717) is 19.1 Å². The zero-order chi connectivity index (χ0) is 23.3. The number of hydrogen-bond donors (Lipinski definition) is 0. The minimum atomic E-state index is -0.933. The molecule has 1 aromatic carbocycles. The van der Waals surface area contributed by atoms with E-state index < -0.39 is 11.6 Å². The van der Waals surface area contributed by atoms with Crippen molar-refractivity contribution in [3.8, 4) is 11.5 Å². The Kier molecular flexibility index (Phi) is 8.12. The SMILES string of the molecule is Fc1c(OCC2=CCC(C3CCC(CC4CCC4)CC3)CC2)ccc(OCC2CCCC2)c1F. The van der Waals surface area contributed by atoms with E-state index in [0.717, 1.165) is 49.4 Å². The zero-order valence-corrected chi connectivity index (χ0v) is 20.7. The minimum Gasteiger partial charge on any atom is -0.490 e. The Balaban J connectivity index is 1.06. The molecule has 34 heavy (non-hydrogen) atoms. The van der Waals surface area contributed by atoms with Gasteiger partial charge in [-0.15, -0.1) is 0 Å². The van der Waals surface area contributed by atoms with E-state index in [1.54, 1.807) is 0 Å². The average molecular weight is 473 g/mol. The zero-order valence-electron chi connectivity index (χ0n) is 20.7. The summed E-state index contributed by atoms with van der Waals surface area (Å²) < 4.78 is 40.3. The summed E-state index contributed by atoms with van der Waals surface area (Å²) in [5.74, 6) is 2.27. The van der Waals surface area contributed by atoms with Crippen LogP contribution in [0, 0.1) is 41.2 Å². The smallest absolute Gasteiger partial charge is 0.204 e. The number of benzene rings is 1. The monoisotopic (exact) mass is 472 g/mol. The molecule has 0 N–H and O–H groups in total. The van der Waals surface area contributed by atoms with Crippen LogP contribution in [0.1, 0.15) is 96.3 Å². The van der Waals surface area contributed by atoms with Gasteiger partial charge in [-0.05, 0) is 98.7 Å². The molecule has 0 spiro atoms. The molecule has 1 unspecified atom stereocenters. The van der Waals surface area contributed by atoms with Crippen molar-refractivity contribution in [3.05, 3.63) is 35.4 Å². The maximum absolute atomic E-state index is 14.6. The fourth-order valence-corrected chi connectivity index (χ4v) is 6.86. The topological polar surface area (TPSA) is 18.5 Å². The van der Waals surface area contributed by atoms with Crippen molar-refractivity contribution in [2.75, 3.05) is 13.2 Å². The molecular weight excluding hydrogens is 430 g/mol. The van der Waals surface area contributed by atoms with Crippen LogP contribution in [0.25, 0.3) is 0 Å². The molecule has 188 valence electrons. The van der Waals surface area contributed by atoms with Crippen LogP contribution in [0.4, 0.5) is 8.78 Å². The second kappa shape index (κ2) is 11.4. The molecule has 0 aliphatic heterocycles. The van der Waals surface area contributed by atoms with E-state index >= 15 is 0 Å². The van der Waals surface area contributed by atoms with Gasteiger partial charge in [0.05, 0.1) is 6.61 Å². The lowest BCUT2D eigenvalue weighted by molar-refractivity contribution is 0.154. The molecule has 0 aromatic heterocycles. The first kappa shape index (κ1) is 24.1. The summed E-state index contributed by atoms with van der Waals surface area (Å²) in [5, 5.41) is 0.